The van der Waals surface area contributed by atoms with E-state index in [1.807, 2.05) is 11.1 Å². The Balaban J connectivity index is 1.55. The molecule has 2 aromatic carbocycles. The quantitative estimate of drug-likeness (QED) is 0.271. The number of aryl methyl sites for hydroxylation is 3. The molecule has 0 saturated heterocycles. The summed E-state index contributed by atoms with van der Waals surface area (Å²) in [5, 5.41) is 6.30. The van der Waals surface area contributed by atoms with Crippen LogP contribution >= 0.6 is 0 Å². The molecular weight excluding hydrogens is 501 g/mol. The molecule has 5 aromatic rings. The van der Waals surface area contributed by atoms with Gasteiger partial charge in [0.1, 0.15) is 0 Å². The highest BCUT2D eigenvalue weighted by Gasteiger charge is 2.33. The number of para-hydroxylation sites is 1. The molecule has 1 aliphatic rings. The number of hydrogen-bond acceptors (Lipinski definition) is 4. The zero-order chi connectivity index (χ0) is 27.3. The number of H-pyrrole nitrogens is 1. The fourth-order valence-corrected chi connectivity index (χ4v) is 5.61. The summed E-state index contributed by atoms with van der Waals surface area (Å²) in [6.07, 6.45) is 1.57. The van der Waals surface area contributed by atoms with Gasteiger partial charge in [-0.15, -0.1) is 0 Å². The van der Waals surface area contributed by atoms with Crippen LogP contribution in [0.5, 0.6) is 0 Å². The van der Waals surface area contributed by atoms with E-state index in [0.717, 1.165) is 69.9 Å². The molecule has 39 heavy (non-hydrogen) atoms. The molecule has 3 aromatic heterocycles. The van der Waals surface area contributed by atoms with Gasteiger partial charge in [0, 0.05) is 60.1 Å². The first-order valence-corrected chi connectivity index (χ1v) is 13.2. The van der Waals surface area contributed by atoms with Crippen molar-refractivity contribution in [3.63, 3.8) is 0 Å². The highest BCUT2D eigenvalue weighted by molar-refractivity contribution is 5.97. The van der Waals surface area contributed by atoms with Gasteiger partial charge in [0.25, 0.3) is 0 Å². The van der Waals surface area contributed by atoms with Crippen LogP contribution in [0.25, 0.3) is 27.8 Å². The monoisotopic (exact) mass is 530 g/mol. The van der Waals surface area contributed by atoms with Gasteiger partial charge in [-0.2, -0.15) is 18.3 Å². The first-order chi connectivity index (χ1) is 18.8. The highest BCUT2D eigenvalue weighted by atomic mass is 19.4. The maximum atomic E-state index is 13.1. The topological polar surface area (TPSA) is 62.6 Å². The van der Waals surface area contributed by atoms with Crippen LogP contribution in [-0.4, -0.2) is 31.3 Å². The second-order valence-corrected chi connectivity index (χ2v) is 9.96. The van der Waals surface area contributed by atoms with Crippen molar-refractivity contribution in [1.29, 1.82) is 0 Å². The number of benzene rings is 2. The lowest BCUT2D eigenvalue weighted by Crippen LogP contribution is -2.31. The van der Waals surface area contributed by atoms with E-state index in [0.29, 0.717) is 19.5 Å². The highest BCUT2D eigenvalue weighted by Crippen LogP contribution is 2.39. The SMILES string of the molecule is CCc1cccc(CC)c1-n1nc2c(c1-c1ccc(C)c3[nH]ccc13)CN(c1ncc(C(F)(F)F)cn1)CC2. The second-order valence-electron chi connectivity index (χ2n) is 9.96. The van der Waals surface area contributed by atoms with Gasteiger partial charge in [-0.3, -0.25) is 0 Å². The van der Waals surface area contributed by atoms with E-state index in [-0.39, 0.29) is 5.95 Å². The predicted molar refractivity (Wildman–Crippen MR) is 146 cm³/mol. The smallest absolute Gasteiger partial charge is 0.361 e. The van der Waals surface area contributed by atoms with Crippen LogP contribution in [0, 0.1) is 6.92 Å². The lowest BCUT2D eigenvalue weighted by molar-refractivity contribution is -0.138. The van der Waals surface area contributed by atoms with Crippen molar-refractivity contribution >= 4 is 16.9 Å². The third-order valence-corrected chi connectivity index (χ3v) is 7.65. The van der Waals surface area contributed by atoms with E-state index in [2.05, 4.69) is 76.8 Å². The molecule has 9 heteroatoms. The number of nitrogens with zero attached hydrogens (tertiary/aromatic N) is 5. The van der Waals surface area contributed by atoms with Gasteiger partial charge in [0.05, 0.1) is 22.6 Å². The standard InChI is InChI=1S/C30H29F3N6/c1-4-19-7-6-8-20(5-2)27(19)39-28(23-10-9-18(3)26-22(23)11-13-34-26)24-17-38(14-12-25(24)37-39)29-35-15-21(16-36-29)30(31,32)33/h6-11,13,15-16,34H,4-5,12,14,17H2,1-3H3. The maximum Gasteiger partial charge on any atom is 0.419 e. The molecule has 1 N–H and O–H groups in total. The van der Waals surface area contributed by atoms with Crippen LogP contribution < -0.4 is 4.90 Å². The fourth-order valence-electron chi connectivity index (χ4n) is 5.61. The van der Waals surface area contributed by atoms with Crippen molar-refractivity contribution in [2.45, 2.75) is 52.8 Å². The van der Waals surface area contributed by atoms with Gasteiger partial charge >= 0.3 is 6.18 Å². The first kappa shape index (κ1) is 25.2. The van der Waals surface area contributed by atoms with E-state index >= 15 is 0 Å². The maximum absolute atomic E-state index is 13.1. The van der Waals surface area contributed by atoms with Gasteiger partial charge in [-0.1, -0.05) is 44.2 Å². The van der Waals surface area contributed by atoms with Crippen LogP contribution in [0.4, 0.5) is 19.1 Å². The summed E-state index contributed by atoms with van der Waals surface area (Å²) < 4.78 is 41.4. The van der Waals surface area contributed by atoms with Crippen LogP contribution in [-0.2, 0) is 32.0 Å². The molecule has 0 amide bonds. The lowest BCUT2D eigenvalue weighted by Gasteiger charge is -2.27. The number of alkyl halides is 3. The molecular formula is C30H29F3N6. The van der Waals surface area contributed by atoms with Crippen molar-refractivity contribution < 1.29 is 13.2 Å². The van der Waals surface area contributed by atoms with E-state index < -0.39 is 11.7 Å². The molecule has 0 bridgehead atoms. The molecule has 0 unspecified atom stereocenters. The third kappa shape index (κ3) is 4.26. The molecule has 0 spiro atoms. The zero-order valence-electron chi connectivity index (χ0n) is 22.1. The summed E-state index contributed by atoms with van der Waals surface area (Å²) in [5.41, 5.74) is 9.02. The number of hydrogen-bond donors (Lipinski definition) is 1. The largest absolute Gasteiger partial charge is 0.419 e. The summed E-state index contributed by atoms with van der Waals surface area (Å²) in [6.45, 7) is 7.41. The van der Waals surface area contributed by atoms with Gasteiger partial charge in [0.2, 0.25) is 5.95 Å². The molecule has 0 atom stereocenters. The van der Waals surface area contributed by atoms with Gasteiger partial charge < -0.3 is 9.88 Å². The van der Waals surface area contributed by atoms with Crippen LogP contribution in [0.3, 0.4) is 0 Å². The number of aromatic amines is 1. The van der Waals surface area contributed by atoms with Crippen molar-refractivity contribution in [2.24, 2.45) is 0 Å². The summed E-state index contributed by atoms with van der Waals surface area (Å²) in [6, 6.07) is 12.8. The Morgan fingerprint density at radius 2 is 1.69 bits per heavy atom. The summed E-state index contributed by atoms with van der Waals surface area (Å²) in [5.74, 6) is 0.284. The summed E-state index contributed by atoms with van der Waals surface area (Å²) in [4.78, 5) is 13.5. The summed E-state index contributed by atoms with van der Waals surface area (Å²) in [7, 11) is 0. The molecule has 0 fully saturated rings. The van der Waals surface area contributed by atoms with Crippen molar-refractivity contribution in [1.82, 2.24) is 24.7 Å². The van der Waals surface area contributed by atoms with Crippen molar-refractivity contribution in [3.8, 4) is 16.9 Å². The Morgan fingerprint density at radius 3 is 2.36 bits per heavy atom. The van der Waals surface area contributed by atoms with Crippen LogP contribution in [0.2, 0.25) is 0 Å². The average molecular weight is 531 g/mol. The molecule has 4 heterocycles. The van der Waals surface area contributed by atoms with Gasteiger partial charge in [-0.05, 0) is 42.5 Å². The minimum Gasteiger partial charge on any atom is -0.361 e. The van der Waals surface area contributed by atoms with Crippen LogP contribution in [0.15, 0.2) is 55.0 Å². The van der Waals surface area contributed by atoms with Crippen molar-refractivity contribution in [3.05, 3.63) is 88.5 Å². The second kappa shape index (κ2) is 9.55. The molecule has 0 radical (unpaired) electrons. The minimum atomic E-state index is -4.47. The zero-order valence-corrected chi connectivity index (χ0v) is 22.1. The Labute approximate surface area is 224 Å². The van der Waals surface area contributed by atoms with Gasteiger partial charge in [0.15, 0.2) is 0 Å². The van der Waals surface area contributed by atoms with E-state index in [1.54, 1.807) is 0 Å². The Kier molecular flexibility index (Phi) is 6.16. The molecule has 6 rings (SSSR count). The lowest BCUT2D eigenvalue weighted by atomic mass is 9.96. The number of nitrogens with one attached hydrogen (secondary N) is 1. The van der Waals surface area contributed by atoms with Crippen molar-refractivity contribution in [2.75, 3.05) is 11.4 Å². The van der Waals surface area contributed by atoms with Crippen LogP contribution in [0.1, 0.15) is 47.4 Å². The molecule has 200 valence electrons. The fraction of sp³-hybridized carbons (Fsp3) is 0.300. The Morgan fingerprint density at radius 1 is 0.974 bits per heavy atom. The van der Waals surface area contributed by atoms with Gasteiger partial charge in [-0.25, -0.2) is 14.6 Å². The Hall–Kier alpha value is -4.14. The normalized spacial score (nSPS) is 13.7. The summed E-state index contributed by atoms with van der Waals surface area (Å²) >= 11 is 0. The third-order valence-electron chi connectivity index (χ3n) is 7.65. The number of halogens is 3. The van der Waals surface area contributed by atoms with E-state index in [4.69, 9.17) is 5.10 Å². The number of anilines is 1. The number of aromatic nitrogens is 5. The minimum absolute atomic E-state index is 0.284. The molecule has 6 nitrogen and oxygen atoms in total. The molecule has 0 saturated carbocycles. The molecule has 0 aliphatic carbocycles. The predicted octanol–water partition coefficient (Wildman–Crippen LogP) is 6.83. The average Bonchev–Trinajstić information content (AvgIpc) is 3.58. The Bertz CT molecular complexity index is 1640. The number of rotatable bonds is 5. The van der Waals surface area contributed by atoms with E-state index in [1.165, 1.54) is 11.1 Å². The molecule has 1 aliphatic heterocycles. The van der Waals surface area contributed by atoms with E-state index in [9.17, 15) is 13.2 Å². The number of fused-ring (bicyclic) bond motifs is 2. The first-order valence-electron chi connectivity index (χ1n) is 13.2.